The lowest BCUT2D eigenvalue weighted by atomic mass is 10.2. The Morgan fingerprint density at radius 1 is 1.12 bits per heavy atom. The molecule has 0 unspecified atom stereocenters. The van der Waals surface area contributed by atoms with E-state index >= 15 is 0 Å². The van der Waals surface area contributed by atoms with Gasteiger partial charge < -0.3 is 18.5 Å². The third-order valence-electron chi connectivity index (χ3n) is 5.33. The summed E-state index contributed by atoms with van der Waals surface area (Å²) >= 11 is 1.16. The van der Waals surface area contributed by atoms with Gasteiger partial charge in [0.15, 0.2) is 17.3 Å². The Labute approximate surface area is 193 Å². The predicted molar refractivity (Wildman–Crippen MR) is 120 cm³/mol. The van der Waals surface area contributed by atoms with Crippen molar-refractivity contribution in [2.24, 2.45) is 0 Å². The van der Waals surface area contributed by atoms with Crippen molar-refractivity contribution >= 4 is 17.5 Å². The van der Waals surface area contributed by atoms with E-state index in [0.29, 0.717) is 28.6 Å². The first-order valence-electron chi connectivity index (χ1n) is 10.3. The minimum absolute atomic E-state index is 0.0818. The van der Waals surface area contributed by atoms with Crippen molar-refractivity contribution in [2.45, 2.75) is 25.2 Å². The van der Waals surface area contributed by atoms with Gasteiger partial charge in [-0.05, 0) is 50.2 Å². The van der Waals surface area contributed by atoms with Crippen LogP contribution in [-0.2, 0) is 0 Å². The summed E-state index contributed by atoms with van der Waals surface area (Å²) < 4.78 is 32.8. The van der Waals surface area contributed by atoms with Crippen LogP contribution < -0.4 is 9.47 Å². The van der Waals surface area contributed by atoms with Gasteiger partial charge in [0, 0.05) is 22.6 Å². The zero-order valence-corrected chi connectivity index (χ0v) is 18.8. The maximum absolute atomic E-state index is 13.7. The van der Waals surface area contributed by atoms with Gasteiger partial charge in [0.25, 0.3) is 11.1 Å². The number of para-hydroxylation sites is 2. The van der Waals surface area contributed by atoms with Gasteiger partial charge in [-0.3, -0.25) is 4.79 Å². The fraction of sp³-hybridized carbons (Fsp3) is 0.208. The molecule has 0 radical (unpaired) electrons. The Morgan fingerprint density at radius 3 is 2.76 bits per heavy atom. The number of rotatable bonds is 6. The molecule has 0 saturated carbocycles. The Bertz CT molecular complexity index is 1330. The topological polar surface area (TPSA) is 79.4 Å². The number of carbonyl (C=O) groups excluding carboxylic acids is 1. The minimum Gasteiger partial charge on any atom is -0.485 e. The van der Waals surface area contributed by atoms with Gasteiger partial charge in [0.1, 0.15) is 12.4 Å². The molecule has 1 aliphatic heterocycles. The fourth-order valence-corrected chi connectivity index (χ4v) is 4.47. The van der Waals surface area contributed by atoms with Crippen LogP contribution in [0.25, 0.3) is 5.69 Å². The van der Waals surface area contributed by atoms with E-state index in [1.54, 1.807) is 6.07 Å². The van der Waals surface area contributed by atoms with Gasteiger partial charge in [-0.15, -0.1) is 10.2 Å². The lowest BCUT2D eigenvalue weighted by Gasteiger charge is -2.23. The second-order valence-electron chi connectivity index (χ2n) is 7.58. The standard InChI is InChI=1S/C24H20FN3O4S/c1-14-10-18(15(2)28(14)17-7-5-6-16(25)11-17)19(29)13-33-24-27-26-23(32-24)22-12-30-20-8-3-4-9-21(20)31-22/h3-11,22H,12-13H2,1-2H3/t22-/m0/s1. The number of nitrogens with zero attached hydrogens (tertiary/aromatic N) is 3. The number of fused-ring (bicyclic) bond motifs is 1. The van der Waals surface area contributed by atoms with Crippen molar-refractivity contribution in [3.05, 3.63) is 83.3 Å². The van der Waals surface area contributed by atoms with E-state index < -0.39 is 6.10 Å². The van der Waals surface area contributed by atoms with Crippen LogP contribution in [0.2, 0.25) is 0 Å². The van der Waals surface area contributed by atoms with Crippen LogP contribution in [0.1, 0.15) is 33.7 Å². The fourth-order valence-electron chi connectivity index (χ4n) is 3.81. The third kappa shape index (κ3) is 4.23. The molecule has 0 saturated heterocycles. The van der Waals surface area contributed by atoms with Crippen LogP contribution in [-0.4, -0.2) is 32.9 Å². The zero-order chi connectivity index (χ0) is 22.9. The highest BCUT2D eigenvalue weighted by Gasteiger charge is 2.27. The monoisotopic (exact) mass is 465 g/mol. The average Bonchev–Trinajstić information content (AvgIpc) is 3.41. The molecule has 3 heterocycles. The number of thioether (sulfide) groups is 1. The van der Waals surface area contributed by atoms with Crippen molar-refractivity contribution in [1.29, 1.82) is 0 Å². The molecule has 7 nitrogen and oxygen atoms in total. The van der Waals surface area contributed by atoms with Crippen molar-refractivity contribution < 1.29 is 23.1 Å². The summed E-state index contributed by atoms with van der Waals surface area (Å²) in [6.45, 7) is 3.99. The molecular formula is C24H20FN3O4S. The lowest BCUT2D eigenvalue weighted by Crippen LogP contribution is -2.21. The van der Waals surface area contributed by atoms with Crippen molar-refractivity contribution in [3.63, 3.8) is 0 Å². The van der Waals surface area contributed by atoms with E-state index in [-0.39, 0.29) is 29.2 Å². The number of aromatic nitrogens is 3. The number of Topliss-reactive ketones (excluding diaryl/α,β-unsaturated/α-hetero) is 1. The minimum atomic E-state index is -0.511. The van der Waals surface area contributed by atoms with E-state index in [0.717, 1.165) is 23.1 Å². The molecule has 0 amide bonds. The highest BCUT2D eigenvalue weighted by Crippen LogP contribution is 2.36. The number of hydrogen-bond acceptors (Lipinski definition) is 7. The number of ketones is 1. The van der Waals surface area contributed by atoms with Crippen molar-refractivity contribution in [3.8, 4) is 17.2 Å². The third-order valence-corrected chi connectivity index (χ3v) is 6.15. The molecule has 0 bridgehead atoms. The summed E-state index contributed by atoms with van der Waals surface area (Å²) in [5.41, 5.74) is 2.85. The van der Waals surface area contributed by atoms with E-state index in [1.165, 1.54) is 12.1 Å². The average molecular weight is 466 g/mol. The summed E-state index contributed by atoms with van der Waals surface area (Å²) in [6.07, 6.45) is -0.511. The van der Waals surface area contributed by atoms with E-state index in [4.69, 9.17) is 13.9 Å². The molecule has 0 fully saturated rings. The largest absolute Gasteiger partial charge is 0.485 e. The molecule has 4 aromatic rings. The number of benzene rings is 2. The summed E-state index contributed by atoms with van der Waals surface area (Å²) in [5.74, 6) is 1.30. The van der Waals surface area contributed by atoms with Gasteiger partial charge in [-0.25, -0.2) is 4.39 Å². The zero-order valence-electron chi connectivity index (χ0n) is 17.9. The quantitative estimate of drug-likeness (QED) is 0.289. The van der Waals surface area contributed by atoms with Crippen LogP contribution in [0.4, 0.5) is 4.39 Å². The number of hydrogen-bond donors (Lipinski definition) is 0. The molecular weight excluding hydrogens is 445 g/mol. The first-order chi connectivity index (χ1) is 16.0. The van der Waals surface area contributed by atoms with Crippen LogP contribution in [0, 0.1) is 19.7 Å². The Kier molecular flexibility index (Phi) is 5.63. The Hall–Kier alpha value is -3.59. The van der Waals surface area contributed by atoms with Gasteiger partial charge in [0.2, 0.25) is 6.10 Å². The smallest absolute Gasteiger partial charge is 0.277 e. The molecule has 0 N–H and O–H groups in total. The van der Waals surface area contributed by atoms with Crippen LogP contribution in [0.5, 0.6) is 11.5 Å². The number of ether oxygens (including phenoxy) is 2. The van der Waals surface area contributed by atoms with Gasteiger partial charge >= 0.3 is 0 Å². The molecule has 0 spiro atoms. The second kappa shape index (κ2) is 8.74. The van der Waals surface area contributed by atoms with E-state index in [9.17, 15) is 9.18 Å². The van der Waals surface area contributed by atoms with Gasteiger partial charge in [-0.1, -0.05) is 30.0 Å². The molecule has 0 aliphatic carbocycles. The summed E-state index contributed by atoms with van der Waals surface area (Å²) in [5, 5.41) is 8.36. The molecule has 1 atom stereocenters. The highest BCUT2D eigenvalue weighted by atomic mass is 32.2. The van der Waals surface area contributed by atoms with E-state index in [2.05, 4.69) is 10.2 Å². The predicted octanol–water partition coefficient (Wildman–Crippen LogP) is 5.10. The van der Waals surface area contributed by atoms with Gasteiger partial charge in [0.05, 0.1) is 5.75 Å². The lowest BCUT2D eigenvalue weighted by molar-refractivity contribution is 0.0686. The molecule has 5 rings (SSSR count). The summed E-state index contributed by atoms with van der Waals surface area (Å²) in [4.78, 5) is 12.9. The molecule has 1 aliphatic rings. The highest BCUT2D eigenvalue weighted by molar-refractivity contribution is 7.99. The Morgan fingerprint density at radius 2 is 1.94 bits per heavy atom. The van der Waals surface area contributed by atoms with E-state index in [1.807, 2.05) is 54.8 Å². The van der Waals surface area contributed by atoms with Crippen LogP contribution >= 0.6 is 11.8 Å². The molecule has 168 valence electrons. The summed E-state index contributed by atoms with van der Waals surface area (Å²) in [7, 11) is 0. The first-order valence-corrected chi connectivity index (χ1v) is 11.3. The van der Waals surface area contributed by atoms with Crippen LogP contribution in [0.15, 0.2) is 64.2 Å². The first kappa shape index (κ1) is 21.3. The SMILES string of the molecule is Cc1cc(C(=O)CSc2nnc([C@@H]3COc4ccccc4O3)o2)c(C)n1-c1cccc(F)c1. The number of carbonyl (C=O) groups is 1. The van der Waals surface area contributed by atoms with Crippen LogP contribution in [0.3, 0.4) is 0 Å². The number of aryl methyl sites for hydroxylation is 1. The molecule has 2 aromatic carbocycles. The number of halogens is 1. The maximum atomic E-state index is 13.7. The maximum Gasteiger partial charge on any atom is 0.277 e. The normalized spacial score (nSPS) is 14.9. The molecule has 2 aromatic heterocycles. The van der Waals surface area contributed by atoms with Gasteiger partial charge in [-0.2, -0.15) is 0 Å². The molecule has 9 heteroatoms. The Balaban J connectivity index is 1.26. The van der Waals surface area contributed by atoms with Crippen molar-refractivity contribution in [1.82, 2.24) is 14.8 Å². The second-order valence-corrected chi connectivity index (χ2v) is 8.51. The summed E-state index contributed by atoms with van der Waals surface area (Å²) in [6, 6.07) is 15.5. The van der Waals surface area contributed by atoms with Crippen molar-refractivity contribution in [2.75, 3.05) is 12.4 Å². The molecule has 33 heavy (non-hydrogen) atoms.